The van der Waals surface area contributed by atoms with Crippen molar-refractivity contribution in [1.82, 2.24) is 4.98 Å². The third kappa shape index (κ3) is 2.60. The quantitative estimate of drug-likeness (QED) is 0.915. The smallest absolute Gasteiger partial charge is 0.220 e. The van der Waals surface area contributed by atoms with Crippen molar-refractivity contribution in [3.63, 3.8) is 0 Å². The number of primary amides is 1. The predicted molar refractivity (Wildman–Crippen MR) is 81.5 cm³/mol. The van der Waals surface area contributed by atoms with Gasteiger partial charge in [0.15, 0.2) is 5.13 Å². The van der Waals surface area contributed by atoms with Gasteiger partial charge in [-0.25, -0.2) is 4.98 Å². The van der Waals surface area contributed by atoms with E-state index in [0.717, 1.165) is 41.1 Å². The monoisotopic (exact) mass is 339 g/mol. The summed E-state index contributed by atoms with van der Waals surface area (Å²) in [6, 6.07) is 6.12. The summed E-state index contributed by atoms with van der Waals surface area (Å²) < 4.78 is 2.25. The number of hydrogen-bond donors (Lipinski definition) is 1. The number of amides is 1. The Labute approximate surface area is 123 Å². The summed E-state index contributed by atoms with van der Waals surface area (Å²) in [5, 5.41) is 1.04. The molecule has 0 bridgehead atoms. The van der Waals surface area contributed by atoms with Gasteiger partial charge in [0.25, 0.3) is 0 Å². The Morgan fingerprint density at radius 1 is 1.42 bits per heavy atom. The van der Waals surface area contributed by atoms with Crippen LogP contribution in [0.25, 0.3) is 10.2 Å². The number of benzene rings is 1. The van der Waals surface area contributed by atoms with E-state index in [1.807, 2.05) is 12.1 Å². The summed E-state index contributed by atoms with van der Waals surface area (Å²) in [5.74, 6) is -0.146. The van der Waals surface area contributed by atoms with Gasteiger partial charge in [0, 0.05) is 23.5 Å². The van der Waals surface area contributed by atoms with Crippen LogP contribution in [-0.2, 0) is 4.79 Å². The average molecular weight is 340 g/mol. The van der Waals surface area contributed by atoms with Crippen molar-refractivity contribution in [2.75, 3.05) is 18.0 Å². The van der Waals surface area contributed by atoms with Gasteiger partial charge in [0.1, 0.15) is 0 Å². The van der Waals surface area contributed by atoms with Crippen molar-refractivity contribution in [1.29, 1.82) is 0 Å². The molecule has 1 fully saturated rings. The second-order valence-electron chi connectivity index (χ2n) is 4.77. The lowest BCUT2D eigenvalue weighted by atomic mass is 9.97. The fraction of sp³-hybridized carbons (Fsp3) is 0.385. The number of carbonyl (C=O) groups is 1. The molecule has 2 aromatic rings. The highest BCUT2D eigenvalue weighted by atomic mass is 79.9. The molecule has 0 radical (unpaired) electrons. The van der Waals surface area contributed by atoms with Crippen LogP contribution < -0.4 is 10.6 Å². The van der Waals surface area contributed by atoms with Crippen LogP contribution in [0.5, 0.6) is 0 Å². The van der Waals surface area contributed by atoms with Gasteiger partial charge in [0.05, 0.1) is 10.2 Å². The number of halogens is 1. The highest BCUT2D eigenvalue weighted by molar-refractivity contribution is 9.10. The first-order chi connectivity index (χ1) is 9.13. The van der Waals surface area contributed by atoms with Gasteiger partial charge < -0.3 is 10.6 Å². The van der Waals surface area contributed by atoms with Crippen LogP contribution in [0.2, 0.25) is 0 Å². The molecule has 0 atom stereocenters. The van der Waals surface area contributed by atoms with E-state index in [-0.39, 0.29) is 11.8 Å². The van der Waals surface area contributed by atoms with Gasteiger partial charge in [-0.15, -0.1) is 0 Å². The molecule has 4 nitrogen and oxygen atoms in total. The van der Waals surface area contributed by atoms with E-state index in [1.54, 1.807) is 11.3 Å². The molecule has 0 spiro atoms. The Balaban J connectivity index is 1.80. The van der Waals surface area contributed by atoms with Crippen LogP contribution >= 0.6 is 27.3 Å². The summed E-state index contributed by atoms with van der Waals surface area (Å²) >= 11 is 5.17. The minimum absolute atomic E-state index is 0.0276. The van der Waals surface area contributed by atoms with Crippen LogP contribution in [0, 0.1) is 5.92 Å². The molecule has 1 aromatic heterocycles. The van der Waals surface area contributed by atoms with Gasteiger partial charge in [-0.05, 0) is 31.0 Å². The summed E-state index contributed by atoms with van der Waals surface area (Å²) in [6.07, 6.45) is 1.66. The van der Waals surface area contributed by atoms with Gasteiger partial charge in [-0.1, -0.05) is 27.3 Å². The SMILES string of the molecule is NC(=O)C1CCN(c2nc3ccc(Br)cc3s2)CC1. The molecule has 1 saturated heterocycles. The predicted octanol–water partition coefficient (Wildman–Crippen LogP) is 2.76. The number of fused-ring (bicyclic) bond motifs is 1. The normalized spacial score (nSPS) is 17.0. The molecule has 100 valence electrons. The van der Waals surface area contributed by atoms with Crippen molar-refractivity contribution in [3.05, 3.63) is 22.7 Å². The Morgan fingerprint density at radius 2 is 2.16 bits per heavy atom. The molecule has 2 N–H and O–H groups in total. The lowest BCUT2D eigenvalue weighted by molar-refractivity contribution is -0.122. The second-order valence-corrected chi connectivity index (χ2v) is 6.70. The van der Waals surface area contributed by atoms with Gasteiger partial charge in [0.2, 0.25) is 5.91 Å². The molecule has 1 aromatic carbocycles. The van der Waals surface area contributed by atoms with Crippen LogP contribution in [0.1, 0.15) is 12.8 Å². The molecule has 2 heterocycles. The van der Waals surface area contributed by atoms with E-state index in [9.17, 15) is 4.79 Å². The Bertz CT molecular complexity index is 619. The molecule has 1 amide bonds. The molecule has 19 heavy (non-hydrogen) atoms. The fourth-order valence-corrected chi connectivity index (χ4v) is 3.95. The largest absolute Gasteiger partial charge is 0.369 e. The van der Waals surface area contributed by atoms with E-state index in [4.69, 9.17) is 5.73 Å². The summed E-state index contributed by atoms with van der Waals surface area (Å²) in [5.41, 5.74) is 6.38. The van der Waals surface area contributed by atoms with Crippen LogP contribution in [0.15, 0.2) is 22.7 Å². The third-order valence-electron chi connectivity index (χ3n) is 3.51. The zero-order valence-electron chi connectivity index (χ0n) is 10.3. The number of rotatable bonds is 2. The van der Waals surface area contributed by atoms with Crippen molar-refractivity contribution in [3.8, 4) is 0 Å². The van der Waals surface area contributed by atoms with E-state index >= 15 is 0 Å². The number of hydrogen-bond acceptors (Lipinski definition) is 4. The van der Waals surface area contributed by atoms with Gasteiger partial charge >= 0.3 is 0 Å². The first-order valence-electron chi connectivity index (χ1n) is 6.24. The van der Waals surface area contributed by atoms with E-state index in [0.29, 0.717) is 0 Å². The van der Waals surface area contributed by atoms with E-state index in [1.165, 1.54) is 4.70 Å². The lowest BCUT2D eigenvalue weighted by Crippen LogP contribution is -2.38. The Morgan fingerprint density at radius 3 is 2.84 bits per heavy atom. The van der Waals surface area contributed by atoms with Crippen molar-refractivity contribution < 1.29 is 4.79 Å². The topological polar surface area (TPSA) is 59.2 Å². The second kappa shape index (κ2) is 5.09. The lowest BCUT2D eigenvalue weighted by Gasteiger charge is -2.30. The Kier molecular flexibility index (Phi) is 3.45. The van der Waals surface area contributed by atoms with Crippen LogP contribution in [0.3, 0.4) is 0 Å². The summed E-state index contributed by atoms with van der Waals surface area (Å²) in [6.45, 7) is 1.71. The molecular formula is C13H14BrN3OS. The molecule has 1 aliphatic rings. The molecule has 0 unspecified atom stereocenters. The molecule has 0 aliphatic carbocycles. The summed E-state index contributed by atoms with van der Waals surface area (Å²) in [4.78, 5) is 18.1. The maximum Gasteiger partial charge on any atom is 0.220 e. The Hall–Kier alpha value is -1.14. The standard InChI is InChI=1S/C13H14BrN3OS/c14-9-1-2-10-11(7-9)19-13(16-10)17-5-3-8(4-6-17)12(15)18/h1-2,7-8H,3-6H2,(H2,15,18). The van der Waals surface area contributed by atoms with Crippen LogP contribution in [0.4, 0.5) is 5.13 Å². The van der Waals surface area contributed by atoms with E-state index in [2.05, 4.69) is 31.9 Å². The van der Waals surface area contributed by atoms with Gasteiger partial charge in [-0.3, -0.25) is 4.79 Å². The molecule has 3 rings (SSSR count). The number of aromatic nitrogens is 1. The third-order valence-corrected chi connectivity index (χ3v) is 5.08. The number of carbonyl (C=O) groups excluding carboxylic acids is 1. The van der Waals surface area contributed by atoms with Gasteiger partial charge in [-0.2, -0.15) is 0 Å². The molecule has 0 saturated carbocycles. The average Bonchev–Trinajstić information content (AvgIpc) is 2.81. The number of nitrogens with zero attached hydrogens (tertiary/aromatic N) is 2. The molecular weight excluding hydrogens is 326 g/mol. The van der Waals surface area contributed by atoms with Crippen LogP contribution in [-0.4, -0.2) is 24.0 Å². The minimum atomic E-state index is -0.173. The van der Waals surface area contributed by atoms with E-state index < -0.39 is 0 Å². The maximum absolute atomic E-state index is 11.2. The highest BCUT2D eigenvalue weighted by Crippen LogP contribution is 2.32. The zero-order valence-corrected chi connectivity index (χ0v) is 12.7. The molecule has 6 heteroatoms. The maximum atomic E-state index is 11.2. The first-order valence-corrected chi connectivity index (χ1v) is 7.85. The minimum Gasteiger partial charge on any atom is -0.369 e. The summed E-state index contributed by atoms with van der Waals surface area (Å²) in [7, 11) is 0. The first kappa shape index (κ1) is 12.9. The zero-order chi connectivity index (χ0) is 13.4. The number of piperidine rings is 1. The van der Waals surface area contributed by atoms with Crippen molar-refractivity contribution in [2.24, 2.45) is 11.7 Å². The van der Waals surface area contributed by atoms with Crippen molar-refractivity contribution in [2.45, 2.75) is 12.8 Å². The number of thiazole rings is 1. The number of nitrogens with two attached hydrogens (primary N) is 1. The molecule has 1 aliphatic heterocycles. The highest BCUT2D eigenvalue weighted by Gasteiger charge is 2.24. The fourth-order valence-electron chi connectivity index (χ4n) is 2.38. The van der Waals surface area contributed by atoms with Crippen molar-refractivity contribution >= 4 is 48.5 Å². The number of anilines is 1.